The maximum absolute atomic E-state index is 5.05. The van der Waals surface area contributed by atoms with Gasteiger partial charge in [-0.25, -0.2) is 4.98 Å². The normalized spacial score (nSPS) is 14.1. The van der Waals surface area contributed by atoms with Crippen molar-refractivity contribution in [2.75, 3.05) is 36.2 Å². The third-order valence-corrected chi connectivity index (χ3v) is 11.2. The van der Waals surface area contributed by atoms with E-state index in [1.165, 1.54) is 83.5 Å². The van der Waals surface area contributed by atoms with E-state index >= 15 is 0 Å². The van der Waals surface area contributed by atoms with E-state index in [-0.39, 0.29) is 0 Å². The van der Waals surface area contributed by atoms with E-state index < -0.39 is 0 Å². The summed E-state index contributed by atoms with van der Waals surface area (Å²) < 4.78 is 2.49. The van der Waals surface area contributed by atoms with Crippen LogP contribution in [0, 0.1) is 0 Å². The highest BCUT2D eigenvalue weighted by atomic mass is 15.3. The molecule has 2 aliphatic rings. The van der Waals surface area contributed by atoms with E-state index in [4.69, 9.17) is 4.98 Å². The largest absolute Gasteiger partial charge is 0.358 e. The van der Waals surface area contributed by atoms with Gasteiger partial charge in [0.05, 0.1) is 19.0 Å². The molecule has 0 radical (unpaired) electrons. The van der Waals surface area contributed by atoms with Crippen molar-refractivity contribution in [3.63, 3.8) is 0 Å². The topological polar surface area (TPSA) is 30.8 Å². The molecule has 286 valence electrons. The lowest BCUT2D eigenvalue weighted by molar-refractivity contribution is 0.354. The Morgan fingerprint density at radius 3 is 1.65 bits per heavy atom. The second-order valence-corrected chi connectivity index (χ2v) is 15.9. The zero-order chi connectivity index (χ0) is 38.0. The van der Waals surface area contributed by atoms with Crippen LogP contribution in [0.25, 0.3) is 17.1 Å². The molecule has 55 heavy (non-hydrogen) atoms. The fourth-order valence-corrected chi connectivity index (χ4v) is 8.02. The van der Waals surface area contributed by atoms with Crippen LogP contribution >= 0.6 is 0 Å². The van der Waals surface area contributed by atoms with Gasteiger partial charge in [0.15, 0.2) is 0 Å². The molecule has 0 fully saturated rings. The third-order valence-electron chi connectivity index (χ3n) is 11.2. The predicted molar refractivity (Wildman–Crippen MR) is 232 cm³/mol. The maximum Gasteiger partial charge on any atom is 0.144 e. The first-order valence-electron chi connectivity index (χ1n) is 20.7. The van der Waals surface area contributed by atoms with Crippen molar-refractivity contribution in [2.45, 2.75) is 90.9 Å². The molecule has 7 rings (SSSR count). The highest BCUT2D eigenvalue weighted by Crippen LogP contribution is 2.36. The number of benzene rings is 4. The summed E-state index contributed by atoms with van der Waals surface area (Å²) >= 11 is 0. The van der Waals surface area contributed by atoms with Crippen LogP contribution in [0.15, 0.2) is 134 Å². The number of rotatable bonds is 18. The molecule has 0 atom stereocenters. The summed E-state index contributed by atoms with van der Waals surface area (Å²) in [5.74, 6) is 1.90. The number of hydrogen-bond donors (Lipinski definition) is 0. The van der Waals surface area contributed by atoms with Crippen LogP contribution in [0.3, 0.4) is 0 Å². The molecule has 6 nitrogen and oxygen atoms in total. The Kier molecular flexibility index (Phi) is 12.7. The van der Waals surface area contributed by atoms with Crippen LogP contribution in [0.4, 0.5) is 11.4 Å². The van der Waals surface area contributed by atoms with Crippen LogP contribution < -0.4 is 9.80 Å². The van der Waals surface area contributed by atoms with E-state index in [0.717, 1.165) is 45.1 Å². The van der Waals surface area contributed by atoms with Gasteiger partial charge in [0, 0.05) is 66.7 Å². The molecule has 4 aromatic carbocycles. The van der Waals surface area contributed by atoms with Gasteiger partial charge in [-0.05, 0) is 91.3 Å². The summed E-state index contributed by atoms with van der Waals surface area (Å²) in [4.78, 5) is 14.6. The minimum atomic E-state index is 0.426. The number of anilines is 2. The van der Waals surface area contributed by atoms with Crippen LogP contribution in [0.1, 0.15) is 100 Å². The van der Waals surface area contributed by atoms with Gasteiger partial charge >= 0.3 is 0 Å². The molecule has 3 heterocycles. The number of aryl methyl sites for hydroxylation is 2. The van der Waals surface area contributed by atoms with Crippen LogP contribution in [0.5, 0.6) is 0 Å². The molecular formula is C49H60N6. The number of aromatic nitrogens is 2. The first-order chi connectivity index (χ1) is 26.9. The van der Waals surface area contributed by atoms with Gasteiger partial charge in [-0.1, -0.05) is 119 Å². The highest BCUT2D eigenvalue weighted by molar-refractivity contribution is 5.63. The SMILES string of the molecule is CC(C)c1cccc(C(C)C)c1-n1c(CCCCCCc2ccc(N3C=CN(CCCCN4C=CN(c5ccccc5)C4)C3)cc2)cnc1-c1ccccc1. The molecule has 0 bridgehead atoms. The lowest BCUT2D eigenvalue weighted by atomic mass is 9.92. The van der Waals surface area contributed by atoms with Crippen molar-refractivity contribution in [2.24, 2.45) is 0 Å². The summed E-state index contributed by atoms with van der Waals surface area (Å²) in [5, 5.41) is 0. The zero-order valence-electron chi connectivity index (χ0n) is 33.5. The number of nitrogens with zero attached hydrogens (tertiary/aromatic N) is 6. The van der Waals surface area contributed by atoms with E-state index in [9.17, 15) is 0 Å². The second kappa shape index (κ2) is 18.4. The monoisotopic (exact) mass is 732 g/mol. The van der Waals surface area contributed by atoms with Crippen molar-refractivity contribution in [1.29, 1.82) is 0 Å². The molecule has 6 heteroatoms. The highest BCUT2D eigenvalue weighted by Gasteiger charge is 2.22. The Bertz CT molecular complexity index is 1970. The molecule has 0 N–H and O–H groups in total. The quantitative estimate of drug-likeness (QED) is 0.0837. The van der Waals surface area contributed by atoms with Gasteiger partial charge in [0.1, 0.15) is 5.82 Å². The minimum Gasteiger partial charge on any atom is -0.358 e. The molecule has 0 aliphatic carbocycles. The molecule has 0 saturated carbocycles. The molecule has 0 amide bonds. The Balaban J connectivity index is 0.847. The lowest BCUT2D eigenvalue weighted by Crippen LogP contribution is -2.27. The summed E-state index contributed by atoms with van der Waals surface area (Å²) in [6, 6.07) is 37.4. The molecule has 0 unspecified atom stereocenters. The van der Waals surface area contributed by atoms with Gasteiger partial charge < -0.3 is 19.6 Å². The summed E-state index contributed by atoms with van der Waals surface area (Å²) in [6.07, 6.45) is 20.4. The number of para-hydroxylation sites is 2. The van der Waals surface area contributed by atoms with Gasteiger partial charge in [-0.3, -0.25) is 4.57 Å². The lowest BCUT2D eigenvalue weighted by Gasteiger charge is -2.23. The van der Waals surface area contributed by atoms with Crippen LogP contribution in [-0.2, 0) is 12.8 Å². The summed E-state index contributed by atoms with van der Waals surface area (Å²) in [6.45, 7) is 13.3. The number of imidazole rings is 1. The fraction of sp³-hybridized carbons (Fsp3) is 0.367. The van der Waals surface area contributed by atoms with Gasteiger partial charge in [-0.2, -0.15) is 0 Å². The van der Waals surface area contributed by atoms with E-state index in [1.807, 2.05) is 0 Å². The number of hydrogen-bond acceptors (Lipinski definition) is 5. The van der Waals surface area contributed by atoms with Crippen molar-refractivity contribution in [1.82, 2.24) is 19.4 Å². The average Bonchev–Trinajstić information content (AvgIpc) is 3.99. The van der Waals surface area contributed by atoms with Crippen molar-refractivity contribution < 1.29 is 0 Å². The second-order valence-electron chi connectivity index (χ2n) is 15.9. The molecule has 0 saturated heterocycles. The van der Waals surface area contributed by atoms with E-state index in [2.05, 4.69) is 186 Å². The third kappa shape index (κ3) is 9.54. The molecule has 2 aliphatic heterocycles. The molecule has 5 aromatic rings. The minimum absolute atomic E-state index is 0.426. The van der Waals surface area contributed by atoms with Crippen molar-refractivity contribution >= 4 is 11.4 Å². The van der Waals surface area contributed by atoms with E-state index in [1.54, 1.807) is 0 Å². The maximum atomic E-state index is 5.05. The summed E-state index contributed by atoms with van der Waals surface area (Å²) in [7, 11) is 0. The molecular weight excluding hydrogens is 673 g/mol. The first kappa shape index (κ1) is 38.1. The van der Waals surface area contributed by atoms with Gasteiger partial charge in [-0.15, -0.1) is 0 Å². The summed E-state index contributed by atoms with van der Waals surface area (Å²) in [5.41, 5.74) is 10.6. The van der Waals surface area contributed by atoms with Gasteiger partial charge in [0.2, 0.25) is 0 Å². The smallest absolute Gasteiger partial charge is 0.144 e. The van der Waals surface area contributed by atoms with Crippen LogP contribution in [-0.4, -0.2) is 45.8 Å². The van der Waals surface area contributed by atoms with Gasteiger partial charge in [0.25, 0.3) is 0 Å². The molecule has 0 spiro atoms. The Labute approximate surface area is 330 Å². The average molecular weight is 733 g/mol. The fourth-order valence-electron chi connectivity index (χ4n) is 8.02. The predicted octanol–water partition coefficient (Wildman–Crippen LogP) is 11.7. The van der Waals surface area contributed by atoms with Crippen molar-refractivity contribution in [3.05, 3.63) is 157 Å². The number of unbranched alkanes of at least 4 members (excludes halogenated alkanes) is 4. The van der Waals surface area contributed by atoms with Crippen molar-refractivity contribution in [3.8, 4) is 17.1 Å². The van der Waals surface area contributed by atoms with E-state index in [0.29, 0.717) is 11.8 Å². The standard InChI is InChI=1S/C49H60N6/c1-39(2)46-24-17-25-47(40(3)4)48(46)55-45(36-50-49(55)42-19-10-7-11-20-42)23-12-6-5-9-18-41-26-28-44(29-27-41)54-35-33-52(38-54)31-16-15-30-51-32-34-53(37-51)43-21-13-8-14-22-43/h7-8,10-11,13-14,17,19-22,24-29,32-36,39-40H,5-6,9,12,15-16,18,23,30-31,37-38H2,1-4H3. The van der Waals surface area contributed by atoms with Crippen LogP contribution in [0.2, 0.25) is 0 Å². The Morgan fingerprint density at radius 1 is 0.527 bits per heavy atom. The zero-order valence-corrected chi connectivity index (χ0v) is 33.5. The Hall–Kier alpha value is -5.23. The Morgan fingerprint density at radius 2 is 1.07 bits per heavy atom. The molecule has 1 aromatic heterocycles. The first-order valence-corrected chi connectivity index (χ1v) is 20.7.